The highest BCUT2D eigenvalue weighted by atomic mass is 16.5. The summed E-state index contributed by atoms with van der Waals surface area (Å²) in [5, 5.41) is 3.24. The van der Waals surface area contributed by atoms with Crippen LogP contribution in [0.25, 0.3) is 0 Å². The van der Waals surface area contributed by atoms with Gasteiger partial charge >= 0.3 is 5.97 Å². The van der Waals surface area contributed by atoms with Gasteiger partial charge in [-0.2, -0.15) is 0 Å². The van der Waals surface area contributed by atoms with Crippen molar-refractivity contribution < 1.29 is 19.1 Å². The number of hydrogen-bond donors (Lipinski definition) is 1. The summed E-state index contributed by atoms with van der Waals surface area (Å²) in [5.74, 6) is -0.731. The van der Waals surface area contributed by atoms with E-state index in [1.165, 1.54) is 12.0 Å². The van der Waals surface area contributed by atoms with Crippen LogP contribution in [0.2, 0.25) is 0 Å². The quantitative estimate of drug-likeness (QED) is 0.691. The summed E-state index contributed by atoms with van der Waals surface area (Å²) in [6.07, 6.45) is 2.04. The van der Waals surface area contributed by atoms with Crippen LogP contribution in [0.3, 0.4) is 0 Å². The lowest BCUT2D eigenvalue weighted by atomic mass is 10.1. The van der Waals surface area contributed by atoms with E-state index in [0.717, 1.165) is 25.9 Å². The number of likely N-dealkylation sites (N-methyl/N-ethyl adjacent to an activating group) is 1. The Hall–Kier alpha value is -1.14. The van der Waals surface area contributed by atoms with E-state index in [4.69, 9.17) is 4.74 Å². The van der Waals surface area contributed by atoms with E-state index in [2.05, 4.69) is 10.1 Å². The predicted octanol–water partition coefficient (Wildman–Crippen LogP) is 0.0225. The van der Waals surface area contributed by atoms with Gasteiger partial charge < -0.3 is 19.7 Å². The van der Waals surface area contributed by atoms with Crippen LogP contribution < -0.4 is 5.32 Å². The maximum atomic E-state index is 11.9. The Morgan fingerprint density at radius 3 is 2.58 bits per heavy atom. The molecule has 0 radical (unpaired) electrons. The maximum absolute atomic E-state index is 11.9. The van der Waals surface area contributed by atoms with E-state index in [1.54, 1.807) is 14.0 Å². The summed E-state index contributed by atoms with van der Waals surface area (Å²) in [4.78, 5) is 24.7. The SMILES string of the molecule is COC(=O)C(C)CN(C)C(=O)COC1CCNCC1. The number of amides is 1. The average molecular weight is 272 g/mol. The summed E-state index contributed by atoms with van der Waals surface area (Å²) in [5.41, 5.74) is 0. The number of carbonyl (C=O) groups is 2. The molecule has 1 amide bonds. The minimum atomic E-state index is -0.321. The summed E-state index contributed by atoms with van der Waals surface area (Å²) < 4.78 is 10.2. The van der Waals surface area contributed by atoms with Gasteiger partial charge in [0.15, 0.2) is 0 Å². The molecule has 0 aromatic rings. The maximum Gasteiger partial charge on any atom is 0.310 e. The zero-order valence-corrected chi connectivity index (χ0v) is 12.0. The molecule has 1 rings (SSSR count). The minimum Gasteiger partial charge on any atom is -0.469 e. The first-order valence-electron chi connectivity index (χ1n) is 6.68. The third kappa shape index (κ3) is 5.57. The van der Waals surface area contributed by atoms with E-state index >= 15 is 0 Å². The minimum absolute atomic E-state index is 0.0784. The summed E-state index contributed by atoms with van der Waals surface area (Å²) >= 11 is 0. The van der Waals surface area contributed by atoms with Crippen molar-refractivity contribution in [1.82, 2.24) is 10.2 Å². The number of nitrogens with one attached hydrogen (secondary N) is 1. The predicted molar refractivity (Wildman–Crippen MR) is 70.7 cm³/mol. The molecule has 1 aliphatic heterocycles. The monoisotopic (exact) mass is 272 g/mol. The van der Waals surface area contributed by atoms with Gasteiger partial charge in [-0.25, -0.2) is 0 Å². The molecule has 6 heteroatoms. The third-order valence-corrected chi connectivity index (χ3v) is 3.31. The Bertz CT molecular complexity index is 303. The van der Waals surface area contributed by atoms with Crippen LogP contribution in [0.1, 0.15) is 19.8 Å². The van der Waals surface area contributed by atoms with Crippen molar-refractivity contribution in [3.8, 4) is 0 Å². The van der Waals surface area contributed by atoms with Crippen molar-refractivity contribution in [2.75, 3.05) is 40.4 Å². The number of ether oxygens (including phenoxy) is 2. The van der Waals surface area contributed by atoms with Crippen molar-refractivity contribution >= 4 is 11.9 Å². The lowest BCUT2D eigenvalue weighted by molar-refractivity contribution is -0.147. The highest BCUT2D eigenvalue weighted by Gasteiger charge is 2.20. The molecule has 19 heavy (non-hydrogen) atoms. The van der Waals surface area contributed by atoms with E-state index in [1.807, 2.05) is 0 Å². The normalized spacial score (nSPS) is 17.8. The molecular formula is C13H24N2O4. The Balaban J connectivity index is 2.25. The molecule has 1 aliphatic rings. The molecule has 0 bridgehead atoms. The smallest absolute Gasteiger partial charge is 0.310 e. The molecule has 0 aromatic heterocycles. The fourth-order valence-corrected chi connectivity index (χ4v) is 2.05. The zero-order valence-electron chi connectivity index (χ0n) is 12.0. The van der Waals surface area contributed by atoms with Crippen molar-refractivity contribution in [2.45, 2.75) is 25.9 Å². The van der Waals surface area contributed by atoms with E-state index in [-0.39, 0.29) is 30.5 Å². The molecule has 6 nitrogen and oxygen atoms in total. The number of methoxy groups -OCH3 is 1. The van der Waals surface area contributed by atoms with Crippen molar-refractivity contribution in [3.63, 3.8) is 0 Å². The molecule has 1 N–H and O–H groups in total. The molecule has 0 aromatic carbocycles. The molecule has 1 atom stereocenters. The van der Waals surface area contributed by atoms with Gasteiger partial charge in [-0.05, 0) is 25.9 Å². The van der Waals surface area contributed by atoms with Crippen LogP contribution in [-0.4, -0.2) is 63.3 Å². The number of carbonyl (C=O) groups excluding carboxylic acids is 2. The first-order chi connectivity index (χ1) is 9.04. The lowest BCUT2D eigenvalue weighted by Crippen LogP contribution is -2.39. The molecule has 0 saturated carbocycles. The number of rotatable bonds is 6. The van der Waals surface area contributed by atoms with Gasteiger partial charge in [-0.3, -0.25) is 9.59 Å². The van der Waals surface area contributed by atoms with E-state index < -0.39 is 0 Å². The van der Waals surface area contributed by atoms with Crippen LogP contribution in [0.5, 0.6) is 0 Å². The largest absolute Gasteiger partial charge is 0.469 e. The van der Waals surface area contributed by atoms with Crippen LogP contribution in [-0.2, 0) is 19.1 Å². The molecule has 110 valence electrons. The summed E-state index contributed by atoms with van der Waals surface area (Å²) in [7, 11) is 3.02. The standard InChI is InChI=1S/C13H24N2O4/c1-10(13(17)18-3)8-15(2)12(16)9-19-11-4-6-14-7-5-11/h10-11,14H,4-9H2,1-3H3. The molecule has 1 unspecified atom stereocenters. The van der Waals surface area contributed by atoms with Crippen molar-refractivity contribution in [2.24, 2.45) is 5.92 Å². The van der Waals surface area contributed by atoms with Gasteiger partial charge in [0.05, 0.1) is 19.1 Å². The first-order valence-corrected chi connectivity index (χ1v) is 6.68. The van der Waals surface area contributed by atoms with Crippen LogP contribution in [0, 0.1) is 5.92 Å². The van der Waals surface area contributed by atoms with E-state index in [0.29, 0.717) is 6.54 Å². The Labute approximate surface area is 114 Å². The van der Waals surface area contributed by atoms with Crippen LogP contribution >= 0.6 is 0 Å². The first kappa shape index (κ1) is 15.9. The second kappa shape index (κ2) is 8.12. The average Bonchev–Trinajstić information content (AvgIpc) is 2.44. The fourth-order valence-electron chi connectivity index (χ4n) is 2.05. The number of nitrogens with zero attached hydrogens (tertiary/aromatic N) is 1. The summed E-state index contributed by atoms with van der Waals surface area (Å²) in [6.45, 7) is 4.04. The van der Waals surface area contributed by atoms with Crippen molar-refractivity contribution in [3.05, 3.63) is 0 Å². The van der Waals surface area contributed by atoms with Gasteiger partial charge in [0.1, 0.15) is 6.61 Å². The highest BCUT2D eigenvalue weighted by molar-refractivity contribution is 5.78. The van der Waals surface area contributed by atoms with Crippen LogP contribution in [0.4, 0.5) is 0 Å². The number of esters is 1. The molecule has 1 heterocycles. The van der Waals surface area contributed by atoms with Crippen molar-refractivity contribution in [1.29, 1.82) is 0 Å². The lowest BCUT2D eigenvalue weighted by Gasteiger charge is -2.25. The number of piperidine rings is 1. The molecule has 1 fully saturated rings. The molecule has 1 saturated heterocycles. The molecule has 0 spiro atoms. The zero-order chi connectivity index (χ0) is 14.3. The topological polar surface area (TPSA) is 67.9 Å². The Morgan fingerprint density at radius 1 is 1.37 bits per heavy atom. The molecule has 0 aliphatic carbocycles. The third-order valence-electron chi connectivity index (χ3n) is 3.31. The highest BCUT2D eigenvalue weighted by Crippen LogP contribution is 2.08. The van der Waals surface area contributed by atoms with Gasteiger partial charge in [-0.1, -0.05) is 6.92 Å². The second-order valence-corrected chi connectivity index (χ2v) is 4.96. The van der Waals surface area contributed by atoms with Gasteiger partial charge in [-0.15, -0.1) is 0 Å². The van der Waals surface area contributed by atoms with Gasteiger partial charge in [0.2, 0.25) is 5.91 Å². The van der Waals surface area contributed by atoms with Crippen LogP contribution in [0.15, 0.2) is 0 Å². The second-order valence-electron chi connectivity index (χ2n) is 4.96. The Morgan fingerprint density at radius 2 is 2.00 bits per heavy atom. The number of hydrogen-bond acceptors (Lipinski definition) is 5. The summed E-state index contributed by atoms with van der Waals surface area (Å²) in [6, 6.07) is 0. The van der Waals surface area contributed by atoms with Gasteiger partial charge in [0, 0.05) is 13.6 Å². The van der Waals surface area contributed by atoms with E-state index in [9.17, 15) is 9.59 Å². The fraction of sp³-hybridized carbons (Fsp3) is 0.846. The Kier molecular flexibility index (Phi) is 6.80. The molecular weight excluding hydrogens is 248 g/mol. The van der Waals surface area contributed by atoms with Gasteiger partial charge in [0.25, 0.3) is 0 Å².